The maximum Gasteiger partial charge on any atom is 0.336 e. The molecule has 0 radical (unpaired) electrons. The van der Waals surface area contributed by atoms with Crippen LogP contribution in [0.3, 0.4) is 0 Å². The Bertz CT molecular complexity index is 634. The molecule has 2 aromatic rings. The van der Waals surface area contributed by atoms with Crippen LogP contribution < -0.4 is 16.3 Å². The van der Waals surface area contributed by atoms with E-state index in [0.717, 1.165) is 18.4 Å². The molecule has 2 rings (SSSR count). The Balaban J connectivity index is 2.07. The normalized spacial score (nSPS) is 10.6. The molecular formula is C14H16N2O3. The van der Waals surface area contributed by atoms with Crippen LogP contribution in [-0.2, 0) is 4.79 Å². The molecule has 1 aromatic carbocycles. The van der Waals surface area contributed by atoms with Gasteiger partial charge < -0.3 is 15.1 Å². The van der Waals surface area contributed by atoms with Gasteiger partial charge in [-0.25, -0.2) is 4.79 Å². The van der Waals surface area contributed by atoms with Crippen molar-refractivity contribution in [2.75, 3.05) is 18.9 Å². The fraction of sp³-hybridized carbons (Fsp3) is 0.286. The van der Waals surface area contributed by atoms with Crippen molar-refractivity contribution in [3.63, 3.8) is 0 Å². The second-order valence-electron chi connectivity index (χ2n) is 4.26. The maximum atomic E-state index is 11.7. The Kier molecular flexibility index (Phi) is 4.30. The van der Waals surface area contributed by atoms with Gasteiger partial charge in [-0.2, -0.15) is 0 Å². The molecule has 0 unspecified atom stereocenters. The predicted molar refractivity (Wildman–Crippen MR) is 74.3 cm³/mol. The minimum absolute atomic E-state index is 0.0213. The molecule has 0 atom stereocenters. The highest BCUT2D eigenvalue weighted by atomic mass is 16.4. The van der Waals surface area contributed by atoms with E-state index in [0.29, 0.717) is 17.7 Å². The molecule has 0 aliphatic carbocycles. The molecule has 0 spiro atoms. The van der Waals surface area contributed by atoms with E-state index in [2.05, 4.69) is 10.6 Å². The third-order valence-corrected chi connectivity index (χ3v) is 2.73. The van der Waals surface area contributed by atoms with Crippen LogP contribution in [-0.4, -0.2) is 19.5 Å². The zero-order chi connectivity index (χ0) is 13.7. The van der Waals surface area contributed by atoms with Gasteiger partial charge in [-0.1, -0.05) is 0 Å². The summed E-state index contributed by atoms with van der Waals surface area (Å²) >= 11 is 0. The van der Waals surface area contributed by atoms with Crippen molar-refractivity contribution in [2.45, 2.75) is 12.8 Å². The van der Waals surface area contributed by atoms with E-state index in [1.165, 1.54) is 6.07 Å². The van der Waals surface area contributed by atoms with Gasteiger partial charge >= 0.3 is 5.63 Å². The highest BCUT2D eigenvalue weighted by Crippen LogP contribution is 2.17. The van der Waals surface area contributed by atoms with Crippen LogP contribution in [0.5, 0.6) is 0 Å². The number of hydrogen-bond donors (Lipinski definition) is 2. The van der Waals surface area contributed by atoms with Gasteiger partial charge in [0.2, 0.25) is 5.91 Å². The van der Waals surface area contributed by atoms with Crippen LogP contribution in [0, 0.1) is 0 Å². The number of anilines is 1. The van der Waals surface area contributed by atoms with Crippen molar-refractivity contribution >= 4 is 22.6 Å². The number of carbonyl (C=O) groups excluding carboxylic acids is 1. The number of benzene rings is 1. The van der Waals surface area contributed by atoms with Crippen molar-refractivity contribution in [1.29, 1.82) is 0 Å². The first-order valence-corrected chi connectivity index (χ1v) is 6.17. The second-order valence-corrected chi connectivity index (χ2v) is 4.26. The lowest BCUT2D eigenvalue weighted by molar-refractivity contribution is -0.116. The molecule has 0 saturated heterocycles. The van der Waals surface area contributed by atoms with Gasteiger partial charge in [0.05, 0.1) is 0 Å². The Morgan fingerprint density at radius 2 is 2.11 bits per heavy atom. The zero-order valence-electron chi connectivity index (χ0n) is 10.7. The molecule has 0 aliphatic heterocycles. The molecule has 0 bridgehead atoms. The van der Waals surface area contributed by atoms with Gasteiger partial charge in [-0.05, 0) is 44.3 Å². The first-order chi connectivity index (χ1) is 9.19. The first kappa shape index (κ1) is 13.3. The molecule has 1 aromatic heterocycles. The SMILES string of the molecule is CNCCCC(=O)Nc1ccc2oc(=O)ccc2c1. The fourth-order valence-electron chi connectivity index (χ4n) is 1.80. The molecule has 0 saturated carbocycles. The van der Waals surface area contributed by atoms with Gasteiger partial charge in [0.1, 0.15) is 5.58 Å². The van der Waals surface area contributed by atoms with Crippen LogP contribution in [0.1, 0.15) is 12.8 Å². The topological polar surface area (TPSA) is 71.3 Å². The lowest BCUT2D eigenvalue weighted by Gasteiger charge is -2.06. The number of nitrogens with one attached hydrogen (secondary N) is 2. The Morgan fingerprint density at radius 1 is 1.26 bits per heavy atom. The molecule has 0 aliphatic rings. The largest absolute Gasteiger partial charge is 0.423 e. The Morgan fingerprint density at radius 3 is 2.89 bits per heavy atom. The third-order valence-electron chi connectivity index (χ3n) is 2.73. The molecule has 100 valence electrons. The summed E-state index contributed by atoms with van der Waals surface area (Å²) in [5, 5.41) is 6.60. The van der Waals surface area contributed by atoms with Crippen molar-refractivity contribution in [3.8, 4) is 0 Å². The number of hydrogen-bond acceptors (Lipinski definition) is 4. The van der Waals surface area contributed by atoms with Gasteiger partial charge in [-0.3, -0.25) is 4.79 Å². The number of amides is 1. The van der Waals surface area contributed by atoms with Gasteiger partial charge in [0.15, 0.2) is 0 Å². The summed E-state index contributed by atoms with van der Waals surface area (Å²) < 4.78 is 5.02. The summed E-state index contributed by atoms with van der Waals surface area (Å²) in [4.78, 5) is 22.7. The van der Waals surface area contributed by atoms with E-state index in [-0.39, 0.29) is 11.5 Å². The second kappa shape index (κ2) is 6.15. The third kappa shape index (κ3) is 3.66. The molecule has 19 heavy (non-hydrogen) atoms. The minimum Gasteiger partial charge on any atom is -0.423 e. The van der Waals surface area contributed by atoms with E-state index < -0.39 is 0 Å². The molecule has 5 heteroatoms. The zero-order valence-corrected chi connectivity index (χ0v) is 10.7. The van der Waals surface area contributed by atoms with Gasteiger partial charge in [0.25, 0.3) is 0 Å². The molecule has 0 fully saturated rings. The Hall–Kier alpha value is -2.14. The highest BCUT2D eigenvalue weighted by molar-refractivity contribution is 5.93. The highest BCUT2D eigenvalue weighted by Gasteiger charge is 2.03. The molecule has 1 amide bonds. The van der Waals surface area contributed by atoms with Gasteiger partial charge in [0, 0.05) is 23.6 Å². The summed E-state index contributed by atoms with van der Waals surface area (Å²) in [5.74, 6) is -0.0213. The van der Waals surface area contributed by atoms with Crippen molar-refractivity contribution in [3.05, 3.63) is 40.8 Å². The molecule has 1 heterocycles. The smallest absolute Gasteiger partial charge is 0.336 e. The lowest BCUT2D eigenvalue weighted by Crippen LogP contribution is -2.15. The van der Waals surface area contributed by atoms with E-state index >= 15 is 0 Å². The van der Waals surface area contributed by atoms with E-state index in [4.69, 9.17) is 4.42 Å². The maximum absolute atomic E-state index is 11.7. The average Bonchev–Trinajstić information content (AvgIpc) is 2.39. The van der Waals surface area contributed by atoms with Crippen molar-refractivity contribution < 1.29 is 9.21 Å². The van der Waals surface area contributed by atoms with Crippen LogP contribution in [0.2, 0.25) is 0 Å². The minimum atomic E-state index is -0.378. The summed E-state index contributed by atoms with van der Waals surface area (Å²) in [6, 6.07) is 8.23. The Labute approximate surface area is 110 Å². The number of carbonyl (C=O) groups is 1. The quantitative estimate of drug-likeness (QED) is 0.634. The van der Waals surface area contributed by atoms with E-state index in [9.17, 15) is 9.59 Å². The summed E-state index contributed by atoms with van der Waals surface area (Å²) in [7, 11) is 1.86. The molecule has 5 nitrogen and oxygen atoms in total. The van der Waals surface area contributed by atoms with Crippen LogP contribution >= 0.6 is 0 Å². The van der Waals surface area contributed by atoms with Crippen LogP contribution in [0.15, 0.2) is 39.5 Å². The molecular weight excluding hydrogens is 244 g/mol. The van der Waals surface area contributed by atoms with Crippen LogP contribution in [0.25, 0.3) is 11.0 Å². The number of rotatable bonds is 5. The lowest BCUT2D eigenvalue weighted by atomic mass is 10.2. The predicted octanol–water partition coefficient (Wildman–Crippen LogP) is 1.73. The first-order valence-electron chi connectivity index (χ1n) is 6.17. The van der Waals surface area contributed by atoms with Crippen molar-refractivity contribution in [1.82, 2.24) is 5.32 Å². The van der Waals surface area contributed by atoms with E-state index in [1.54, 1.807) is 24.3 Å². The van der Waals surface area contributed by atoms with Gasteiger partial charge in [-0.15, -0.1) is 0 Å². The van der Waals surface area contributed by atoms with Crippen molar-refractivity contribution in [2.24, 2.45) is 0 Å². The summed E-state index contributed by atoms with van der Waals surface area (Å²) in [5.41, 5.74) is 0.841. The summed E-state index contributed by atoms with van der Waals surface area (Å²) in [6.45, 7) is 0.816. The number of fused-ring (bicyclic) bond motifs is 1. The standard InChI is InChI=1S/C14H16N2O3/c1-15-8-2-3-13(17)16-11-5-6-12-10(9-11)4-7-14(18)19-12/h4-7,9,15H,2-3,8H2,1H3,(H,16,17). The van der Waals surface area contributed by atoms with Crippen LogP contribution in [0.4, 0.5) is 5.69 Å². The monoisotopic (exact) mass is 260 g/mol. The fourth-order valence-corrected chi connectivity index (χ4v) is 1.80. The average molecular weight is 260 g/mol. The van der Waals surface area contributed by atoms with E-state index in [1.807, 2.05) is 7.05 Å². The molecule has 2 N–H and O–H groups in total. The summed E-state index contributed by atoms with van der Waals surface area (Å²) in [6.07, 6.45) is 1.27.